The molecule has 21 heavy (non-hydrogen) atoms. The van der Waals surface area contributed by atoms with Crippen LogP contribution in [0.5, 0.6) is 0 Å². The third kappa shape index (κ3) is 2.91. The van der Waals surface area contributed by atoms with E-state index in [1.807, 2.05) is 6.20 Å². The van der Waals surface area contributed by atoms with E-state index in [4.69, 9.17) is 16.6 Å². The van der Waals surface area contributed by atoms with Crippen molar-refractivity contribution in [3.05, 3.63) is 35.2 Å². The summed E-state index contributed by atoms with van der Waals surface area (Å²) in [6, 6.07) is 4.76. The summed E-state index contributed by atoms with van der Waals surface area (Å²) in [6.45, 7) is 5.09. The summed E-state index contributed by atoms with van der Waals surface area (Å²) in [5, 5.41) is 0.137. The zero-order valence-corrected chi connectivity index (χ0v) is 12.9. The summed E-state index contributed by atoms with van der Waals surface area (Å²) in [7, 11) is 0. The second kappa shape index (κ2) is 6.06. The number of anilines is 1. The predicted octanol–water partition coefficient (Wildman–Crippen LogP) is 4.35. The van der Waals surface area contributed by atoms with Crippen LogP contribution < -0.4 is 4.90 Å². The van der Waals surface area contributed by atoms with E-state index in [0.29, 0.717) is 0 Å². The van der Waals surface area contributed by atoms with Gasteiger partial charge < -0.3 is 9.47 Å². The van der Waals surface area contributed by atoms with Crippen LogP contribution in [0.1, 0.15) is 26.2 Å². The van der Waals surface area contributed by atoms with Crippen molar-refractivity contribution in [2.45, 2.75) is 32.7 Å². The summed E-state index contributed by atoms with van der Waals surface area (Å²) >= 11 is 5.87. The molecule has 1 aromatic carbocycles. The molecule has 112 valence electrons. The fourth-order valence-corrected chi connectivity index (χ4v) is 2.96. The molecule has 1 aliphatic rings. The van der Waals surface area contributed by atoms with Crippen LogP contribution >= 0.6 is 11.6 Å². The quantitative estimate of drug-likeness (QED) is 0.840. The monoisotopic (exact) mass is 307 g/mol. The number of piperidine rings is 1. The first-order valence-corrected chi connectivity index (χ1v) is 7.84. The van der Waals surface area contributed by atoms with Crippen molar-refractivity contribution in [3.63, 3.8) is 0 Å². The number of hydrogen-bond acceptors (Lipinski definition) is 2. The normalized spacial score (nSPS) is 15.5. The lowest BCUT2D eigenvalue weighted by Crippen LogP contribution is -2.31. The van der Waals surface area contributed by atoms with E-state index in [1.165, 1.54) is 25.3 Å². The highest BCUT2D eigenvalue weighted by Crippen LogP contribution is 2.28. The largest absolute Gasteiger partial charge is 0.342 e. The first-order chi connectivity index (χ1) is 10.2. The van der Waals surface area contributed by atoms with Crippen LogP contribution in [0.2, 0.25) is 5.02 Å². The number of halogens is 2. The maximum absolute atomic E-state index is 13.3. The minimum absolute atomic E-state index is 0.137. The number of imidazole rings is 1. The zero-order chi connectivity index (χ0) is 14.8. The van der Waals surface area contributed by atoms with Crippen LogP contribution in [0.4, 0.5) is 10.3 Å². The molecule has 3 rings (SSSR count). The van der Waals surface area contributed by atoms with Crippen molar-refractivity contribution in [2.75, 3.05) is 18.0 Å². The standard InChI is InChI=1S/C16H19ClFN3/c1-2-20-11-15(12-6-7-14(18)13(17)10-12)19-16(20)21-8-4-3-5-9-21/h6-7,10-11H,2-5,8-9H2,1H3. The van der Waals surface area contributed by atoms with E-state index in [0.717, 1.165) is 36.8 Å². The van der Waals surface area contributed by atoms with Crippen molar-refractivity contribution in [2.24, 2.45) is 0 Å². The molecule has 0 unspecified atom stereocenters. The molecule has 5 heteroatoms. The van der Waals surface area contributed by atoms with E-state index in [2.05, 4.69) is 16.4 Å². The zero-order valence-electron chi connectivity index (χ0n) is 12.1. The number of aromatic nitrogens is 2. The van der Waals surface area contributed by atoms with E-state index in [9.17, 15) is 4.39 Å². The van der Waals surface area contributed by atoms with Gasteiger partial charge in [-0.1, -0.05) is 11.6 Å². The Labute approximate surface area is 129 Å². The highest BCUT2D eigenvalue weighted by Gasteiger charge is 2.18. The number of nitrogens with zero attached hydrogens (tertiary/aromatic N) is 3. The van der Waals surface area contributed by atoms with Gasteiger partial charge in [0.05, 0.1) is 10.7 Å². The molecule has 0 radical (unpaired) electrons. The van der Waals surface area contributed by atoms with Gasteiger partial charge in [-0.2, -0.15) is 0 Å². The molecule has 2 aromatic rings. The molecule has 0 aliphatic carbocycles. The molecule has 0 atom stereocenters. The highest BCUT2D eigenvalue weighted by atomic mass is 35.5. The van der Waals surface area contributed by atoms with Gasteiger partial charge in [0.1, 0.15) is 5.82 Å². The molecule has 0 N–H and O–H groups in total. The van der Waals surface area contributed by atoms with Gasteiger partial charge in [-0.3, -0.25) is 0 Å². The lowest BCUT2D eigenvalue weighted by Gasteiger charge is -2.27. The average molecular weight is 308 g/mol. The summed E-state index contributed by atoms with van der Waals surface area (Å²) in [5.41, 5.74) is 1.70. The molecule has 0 spiro atoms. The topological polar surface area (TPSA) is 21.1 Å². The highest BCUT2D eigenvalue weighted by molar-refractivity contribution is 6.31. The fraction of sp³-hybridized carbons (Fsp3) is 0.438. The minimum atomic E-state index is -0.397. The molecule has 0 saturated carbocycles. The molecule has 2 heterocycles. The predicted molar refractivity (Wildman–Crippen MR) is 84.4 cm³/mol. The first-order valence-electron chi connectivity index (χ1n) is 7.46. The molecule has 0 bridgehead atoms. The number of benzene rings is 1. The second-order valence-electron chi connectivity index (χ2n) is 5.39. The van der Waals surface area contributed by atoms with Gasteiger partial charge in [0.15, 0.2) is 0 Å². The molecular formula is C16H19ClFN3. The summed E-state index contributed by atoms with van der Waals surface area (Å²) in [5.74, 6) is 0.610. The van der Waals surface area contributed by atoms with Gasteiger partial charge in [0.2, 0.25) is 5.95 Å². The van der Waals surface area contributed by atoms with Gasteiger partial charge in [-0.15, -0.1) is 0 Å². The molecule has 1 aliphatic heterocycles. The van der Waals surface area contributed by atoms with Crippen LogP contribution in [0.3, 0.4) is 0 Å². The Morgan fingerprint density at radius 1 is 1.24 bits per heavy atom. The van der Waals surface area contributed by atoms with Crippen LogP contribution in [0.25, 0.3) is 11.3 Å². The van der Waals surface area contributed by atoms with Crippen molar-refractivity contribution < 1.29 is 4.39 Å². The van der Waals surface area contributed by atoms with Crippen molar-refractivity contribution in [1.82, 2.24) is 9.55 Å². The van der Waals surface area contributed by atoms with Crippen LogP contribution in [-0.2, 0) is 6.54 Å². The van der Waals surface area contributed by atoms with Gasteiger partial charge in [0, 0.05) is 31.4 Å². The Morgan fingerprint density at radius 3 is 2.67 bits per heavy atom. The van der Waals surface area contributed by atoms with Crippen LogP contribution in [-0.4, -0.2) is 22.6 Å². The average Bonchev–Trinajstić information content (AvgIpc) is 2.95. The Kier molecular flexibility index (Phi) is 4.15. The second-order valence-corrected chi connectivity index (χ2v) is 5.80. The van der Waals surface area contributed by atoms with E-state index in [1.54, 1.807) is 12.1 Å². The molecular weight excluding hydrogens is 289 g/mol. The van der Waals surface area contributed by atoms with E-state index < -0.39 is 5.82 Å². The first kappa shape index (κ1) is 14.4. The molecule has 3 nitrogen and oxygen atoms in total. The number of hydrogen-bond donors (Lipinski definition) is 0. The van der Waals surface area contributed by atoms with Crippen LogP contribution in [0.15, 0.2) is 24.4 Å². The summed E-state index contributed by atoms with van der Waals surface area (Å²) in [4.78, 5) is 7.09. The van der Waals surface area contributed by atoms with E-state index in [-0.39, 0.29) is 5.02 Å². The molecule has 1 fully saturated rings. The Balaban J connectivity index is 1.96. The smallest absolute Gasteiger partial charge is 0.206 e. The maximum atomic E-state index is 13.3. The van der Waals surface area contributed by atoms with E-state index >= 15 is 0 Å². The lowest BCUT2D eigenvalue weighted by atomic mass is 10.1. The third-order valence-corrected chi connectivity index (χ3v) is 4.24. The van der Waals surface area contributed by atoms with Crippen LogP contribution in [0, 0.1) is 5.82 Å². The molecule has 1 aromatic heterocycles. The molecule has 1 saturated heterocycles. The Morgan fingerprint density at radius 2 is 2.00 bits per heavy atom. The number of rotatable bonds is 3. The summed E-state index contributed by atoms with van der Waals surface area (Å²) in [6.07, 6.45) is 5.75. The Hall–Kier alpha value is -1.55. The van der Waals surface area contributed by atoms with Crippen molar-refractivity contribution in [1.29, 1.82) is 0 Å². The van der Waals surface area contributed by atoms with Gasteiger partial charge >= 0.3 is 0 Å². The van der Waals surface area contributed by atoms with Gasteiger partial charge in [-0.25, -0.2) is 9.37 Å². The Bertz CT molecular complexity index is 632. The fourth-order valence-electron chi connectivity index (χ4n) is 2.78. The van der Waals surface area contributed by atoms with Crippen molar-refractivity contribution in [3.8, 4) is 11.3 Å². The van der Waals surface area contributed by atoms with Gasteiger partial charge in [-0.05, 0) is 44.4 Å². The third-order valence-electron chi connectivity index (χ3n) is 3.95. The summed E-state index contributed by atoms with van der Waals surface area (Å²) < 4.78 is 15.4. The maximum Gasteiger partial charge on any atom is 0.206 e. The van der Waals surface area contributed by atoms with Crippen molar-refractivity contribution >= 4 is 17.5 Å². The molecule has 0 amide bonds. The lowest BCUT2D eigenvalue weighted by molar-refractivity contribution is 0.556. The minimum Gasteiger partial charge on any atom is -0.342 e. The number of aryl methyl sites for hydroxylation is 1. The van der Waals surface area contributed by atoms with Gasteiger partial charge in [0.25, 0.3) is 0 Å². The SMILES string of the molecule is CCn1cc(-c2ccc(F)c(Cl)c2)nc1N1CCCCC1.